The van der Waals surface area contributed by atoms with Gasteiger partial charge in [-0.25, -0.2) is 4.68 Å². The molecule has 138 valence electrons. The Labute approximate surface area is 158 Å². The lowest BCUT2D eigenvalue weighted by Gasteiger charge is -2.10. The van der Waals surface area contributed by atoms with Crippen LogP contribution in [0, 0.1) is 0 Å². The lowest BCUT2D eigenvalue weighted by molar-refractivity contribution is 0.133. The van der Waals surface area contributed by atoms with Crippen LogP contribution in [-0.2, 0) is 24.3 Å². The van der Waals surface area contributed by atoms with Crippen LogP contribution in [0.4, 0.5) is 0 Å². The molecule has 1 aromatic carbocycles. The lowest BCUT2D eigenvalue weighted by Crippen LogP contribution is -2.08. The molecule has 0 unspecified atom stereocenters. The smallest absolute Gasteiger partial charge is 0.315 e. The van der Waals surface area contributed by atoms with Crippen molar-refractivity contribution in [3.05, 3.63) is 39.6 Å². The molecule has 0 aliphatic heterocycles. The van der Waals surface area contributed by atoms with Gasteiger partial charge in [-0.15, -0.1) is 0 Å². The van der Waals surface area contributed by atoms with Crippen LogP contribution in [0.5, 0.6) is 6.01 Å². The molecule has 0 bridgehead atoms. The highest BCUT2D eigenvalue weighted by molar-refractivity contribution is 9.10. The van der Waals surface area contributed by atoms with Crippen LogP contribution in [0.2, 0.25) is 0 Å². The van der Waals surface area contributed by atoms with E-state index in [0.717, 1.165) is 47.1 Å². The number of benzene rings is 1. The van der Waals surface area contributed by atoms with Gasteiger partial charge in [0, 0.05) is 17.5 Å². The van der Waals surface area contributed by atoms with E-state index in [1.54, 1.807) is 0 Å². The predicted octanol–water partition coefficient (Wildman–Crippen LogP) is 4.76. The first-order valence-electron chi connectivity index (χ1n) is 9.09. The Bertz CT molecular complexity index is 658. The fourth-order valence-electron chi connectivity index (χ4n) is 2.44. The number of hydrogen-bond donors (Lipinski definition) is 0. The second-order valence-electron chi connectivity index (χ2n) is 5.98. The van der Waals surface area contributed by atoms with Gasteiger partial charge < -0.3 is 9.47 Å². The molecular weight excluding hydrogens is 382 g/mol. The number of hydrogen-bond acceptors (Lipinski definition) is 4. The van der Waals surface area contributed by atoms with Crippen LogP contribution in [0.25, 0.3) is 0 Å². The monoisotopic (exact) mass is 409 g/mol. The van der Waals surface area contributed by atoms with Crippen LogP contribution >= 0.6 is 15.9 Å². The van der Waals surface area contributed by atoms with E-state index in [4.69, 9.17) is 9.47 Å². The number of nitrogens with zero attached hydrogens (tertiary/aromatic N) is 3. The molecule has 1 aromatic heterocycles. The van der Waals surface area contributed by atoms with Crippen LogP contribution in [0.3, 0.4) is 0 Å². The average Bonchev–Trinajstić information content (AvgIpc) is 3.00. The summed E-state index contributed by atoms with van der Waals surface area (Å²) >= 11 is 3.59. The normalized spacial score (nSPS) is 11.0. The minimum atomic E-state index is 0.600. The fourth-order valence-corrected chi connectivity index (χ4v) is 2.80. The van der Waals surface area contributed by atoms with E-state index in [2.05, 4.69) is 58.1 Å². The fraction of sp³-hybridized carbons (Fsp3) is 0.579. The molecule has 0 aliphatic rings. The van der Waals surface area contributed by atoms with Gasteiger partial charge in [-0.05, 0) is 37.0 Å². The SMILES string of the molecule is CCCCc1nc(OCCC)n(Cc2ccc(Br)c(COCC)c2)n1. The average molecular weight is 410 g/mol. The zero-order valence-electron chi connectivity index (χ0n) is 15.4. The molecule has 0 radical (unpaired) electrons. The van der Waals surface area contributed by atoms with E-state index in [9.17, 15) is 0 Å². The number of aryl methyl sites for hydroxylation is 1. The van der Waals surface area contributed by atoms with Crippen molar-refractivity contribution in [1.82, 2.24) is 14.8 Å². The third-order valence-corrected chi connectivity index (χ3v) is 4.55. The highest BCUT2D eigenvalue weighted by Gasteiger charge is 2.12. The predicted molar refractivity (Wildman–Crippen MR) is 103 cm³/mol. The van der Waals surface area contributed by atoms with Gasteiger partial charge in [0.15, 0.2) is 5.82 Å². The minimum absolute atomic E-state index is 0.600. The van der Waals surface area contributed by atoms with Gasteiger partial charge in [-0.1, -0.05) is 48.3 Å². The Hall–Kier alpha value is -1.40. The van der Waals surface area contributed by atoms with Crippen LogP contribution in [0.1, 0.15) is 57.0 Å². The van der Waals surface area contributed by atoms with Gasteiger partial charge in [-0.3, -0.25) is 0 Å². The Morgan fingerprint density at radius 2 is 2.00 bits per heavy atom. The van der Waals surface area contributed by atoms with Gasteiger partial charge in [0.25, 0.3) is 0 Å². The summed E-state index contributed by atoms with van der Waals surface area (Å²) in [5, 5.41) is 4.65. The van der Waals surface area contributed by atoms with Crippen molar-refractivity contribution in [1.29, 1.82) is 0 Å². The van der Waals surface area contributed by atoms with Crippen molar-refractivity contribution in [2.75, 3.05) is 13.2 Å². The summed E-state index contributed by atoms with van der Waals surface area (Å²) in [4.78, 5) is 4.57. The van der Waals surface area contributed by atoms with Crippen molar-refractivity contribution in [2.45, 2.75) is 59.6 Å². The van der Waals surface area contributed by atoms with E-state index in [1.165, 1.54) is 0 Å². The molecule has 0 fully saturated rings. The van der Waals surface area contributed by atoms with Crippen molar-refractivity contribution in [3.63, 3.8) is 0 Å². The van der Waals surface area contributed by atoms with Crippen LogP contribution in [0.15, 0.2) is 22.7 Å². The maximum Gasteiger partial charge on any atom is 0.315 e. The molecule has 0 saturated heterocycles. The zero-order chi connectivity index (χ0) is 18.1. The Balaban J connectivity index is 2.18. The highest BCUT2D eigenvalue weighted by atomic mass is 79.9. The number of ether oxygens (including phenoxy) is 2. The molecule has 25 heavy (non-hydrogen) atoms. The van der Waals surface area contributed by atoms with Gasteiger partial charge in [0.05, 0.1) is 19.8 Å². The first kappa shape index (κ1) is 19.9. The number of halogens is 1. The second-order valence-corrected chi connectivity index (χ2v) is 6.84. The maximum atomic E-state index is 5.79. The zero-order valence-corrected chi connectivity index (χ0v) is 17.0. The Morgan fingerprint density at radius 1 is 1.16 bits per heavy atom. The first-order chi connectivity index (χ1) is 12.2. The summed E-state index contributed by atoms with van der Waals surface area (Å²) in [6.45, 7) is 8.87. The standard InChI is InChI=1S/C19H28BrN3O2/c1-4-7-8-18-21-19(25-11-5-2)23(22-18)13-15-9-10-17(20)16(12-15)14-24-6-3/h9-10,12H,4-8,11,13-14H2,1-3H3. The lowest BCUT2D eigenvalue weighted by atomic mass is 10.1. The molecule has 2 aromatic rings. The molecule has 0 amide bonds. The van der Waals surface area contributed by atoms with Gasteiger partial charge in [-0.2, -0.15) is 10.1 Å². The Kier molecular flexibility index (Phi) is 8.41. The van der Waals surface area contributed by atoms with E-state index >= 15 is 0 Å². The number of rotatable bonds is 11. The molecule has 0 N–H and O–H groups in total. The molecule has 0 spiro atoms. The first-order valence-corrected chi connectivity index (χ1v) is 9.88. The summed E-state index contributed by atoms with van der Waals surface area (Å²) in [6.07, 6.45) is 4.07. The van der Waals surface area contributed by atoms with E-state index < -0.39 is 0 Å². The summed E-state index contributed by atoms with van der Waals surface area (Å²) in [7, 11) is 0. The summed E-state index contributed by atoms with van der Waals surface area (Å²) in [5.41, 5.74) is 2.30. The van der Waals surface area contributed by atoms with Crippen molar-refractivity contribution in [2.24, 2.45) is 0 Å². The summed E-state index contributed by atoms with van der Waals surface area (Å²) in [6, 6.07) is 6.92. The third kappa shape index (κ3) is 6.12. The highest BCUT2D eigenvalue weighted by Crippen LogP contribution is 2.21. The van der Waals surface area contributed by atoms with E-state index in [1.807, 2.05) is 11.6 Å². The molecule has 0 saturated carbocycles. The van der Waals surface area contributed by atoms with E-state index in [0.29, 0.717) is 32.4 Å². The summed E-state index contributed by atoms with van der Waals surface area (Å²) < 4.78 is 14.3. The van der Waals surface area contributed by atoms with Gasteiger partial charge in [0.2, 0.25) is 0 Å². The molecule has 0 atom stereocenters. The largest absolute Gasteiger partial charge is 0.464 e. The van der Waals surface area contributed by atoms with Crippen molar-refractivity contribution in [3.8, 4) is 6.01 Å². The molecule has 0 aliphatic carbocycles. The van der Waals surface area contributed by atoms with Gasteiger partial charge in [0.1, 0.15) is 0 Å². The van der Waals surface area contributed by atoms with Crippen molar-refractivity contribution < 1.29 is 9.47 Å². The minimum Gasteiger partial charge on any atom is -0.464 e. The molecule has 6 heteroatoms. The van der Waals surface area contributed by atoms with Crippen molar-refractivity contribution >= 4 is 15.9 Å². The number of unbranched alkanes of at least 4 members (excludes halogenated alkanes) is 1. The number of aromatic nitrogens is 3. The van der Waals surface area contributed by atoms with Crippen LogP contribution in [-0.4, -0.2) is 28.0 Å². The Morgan fingerprint density at radius 3 is 2.72 bits per heavy atom. The van der Waals surface area contributed by atoms with Gasteiger partial charge >= 0.3 is 6.01 Å². The third-order valence-electron chi connectivity index (χ3n) is 3.78. The van der Waals surface area contributed by atoms with Crippen LogP contribution < -0.4 is 4.74 Å². The molecule has 5 nitrogen and oxygen atoms in total. The van der Waals surface area contributed by atoms with E-state index in [-0.39, 0.29) is 0 Å². The summed E-state index contributed by atoms with van der Waals surface area (Å²) in [5.74, 6) is 0.861. The quantitative estimate of drug-likeness (QED) is 0.536. The molecular formula is C19H28BrN3O2. The topological polar surface area (TPSA) is 49.2 Å². The molecule has 2 rings (SSSR count). The maximum absolute atomic E-state index is 5.79. The molecule has 1 heterocycles. The second kappa shape index (κ2) is 10.6.